The SMILES string of the molecule is C[C@@H]1CC2OC(O)C[C@@H](O)[C@H]2O1. The average Bonchev–Trinajstić information content (AvgIpc) is 2.29. The maximum atomic E-state index is 9.50. The Balaban J connectivity index is 2.05. The third kappa shape index (κ3) is 1.35. The number of hydrogen-bond acceptors (Lipinski definition) is 4. The zero-order valence-corrected chi connectivity index (χ0v) is 7.01. The van der Waals surface area contributed by atoms with Crippen molar-refractivity contribution in [1.29, 1.82) is 0 Å². The van der Waals surface area contributed by atoms with Gasteiger partial charge in [-0.3, -0.25) is 0 Å². The molecule has 0 saturated carbocycles. The molecule has 0 aromatic carbocycles. The molecule has 2 N–H and O–H groups in total. The van der Waals surface area contributed by atoms with Crippen molar-refractivity contribution in [1.82, 2.24) is 0 Å². The van der Waals surface area contributed by atoms with Crippen LogP contribution in [0.2, 0.25) is 0 Å². The molecule has 0 amide bonds. The first-order valence-corrected chi connectivity index (χ1v) is 4.34. The molecule has 2 saturated heterocycles. The molecule has 5 atom stereocenters. The second-order valence-electron chi connectivity index (χ2n) is 3.58. The zero-order valence-electron chi connectivity index (χ0n) is 7.01. The topological polar surface area (TPSA) is 58.9 Å². The third-order valence-corrected chi connectivity index (χ3v) is 2.47. The monoisotopic (exact) mass is 174 g/mol. The van der Waals surface area contributed by atoms with Gasteiger partial charge in [-0.15, -0.1) is 0 Å². The molecule has 2 heterocycles. The predicted molar refractivity (Wildman–Crippen MR) is 40.5 cm³/mol. The van der Waals surface area contributed by atoms with Crippen LogP contribution < -0.4 is 0 Å². The molecule has 2 aliphatic rings. The lowest BCUT2D eigenvalue weighted by Gasteiger charge is -2.32. The molecule has 4 heteroatoms. The highest BCUT2D eigenvalue weighted by atomic mass is 16.6. The fourth-order valence-corrected chi connectivity index (χ4v) is 1.94. The third-order valence-electron chi connectivity index (χ3n) is 2.47. The quantitative estimate of drug-likeness (QED) is 0.526. The smallest absolute Gasteiger partial charge is 0.157 e. The van der Waals surface area contributed by atoms with Crippen molar-refractivity contribution in [2.24, 2.45) is 0 Å². The summed E-state index contributed by atoms with van der Waals surface area (Å²) in [6.07, 6.45) is -0.618. The van der Waals surface area contributed by atoms with Gasteiger partial charge < -0.3 is 19.7 Å². The van der Waals surface area contributed by atoms with E-state index in [-0.39, 0.29) is 24.7 Å². The Morgan fingerprint density at radius 1 is 1.17 bits per heavy atom. The first-order chi connectivity index (χ1) is 5.66. The molecule has 0 radical (unpaired) electrons. The summed E-state index contributed by atoms with van der Waals surface area (Å²) in [4.78, 5) is 0. The maximum absolute atomic E-state index is 9.50. The second kappa shape index (κ2) is 2.96. The van der Waals surface area contributed by atoms with Crippen LogP contribution in [-0.2, 0) is 9.47 Å². The fraction of sp³-hybridized carbons (Fsp3) is 1.00. The summed E-state index contributed by atoms with van der Waals surface area (Å²) < 4.78 is 10.7. The summed E-state index contributed by atoms with van der Waals surface area (Å²) in [6, 6.07) is 0. The lowest BCUT2D eigenvalue weighted by Crippen LogP contribution is -2.45. The van der Waals surface area contributed by atoms with Crippen molar-refractivity contribution in [3.8, 4) is 0 Å². The van der Waals surface area contributed by atoms with E-state index in [2.05, 4.69) is 0 Å². The number of rotatable bonds is 0. The maximum Gasteiger partial charge on any atom is 0.157 e. The molecular weight excluding hydrogens is 160 g/mol. The number of aliphatic hydroxyl groups is 2. The molecule has 2 rings (SSSR count). The van der Waals surface area contributed by atoms with E-state index in [1.165, 1.54) is 0 Å². The van der Waals surface area contributed by atoms with Crippen LogP contribution in [0.3, 0.4) is 0 Å². The lowest BCUT2D eigenvalue weighted by atomic mass is 10.0. The summed E-state index contributed by atoms with van der Waals surface area (Å²) >= 11 is 0. The van der Waals surface area contributed by atoms with Crippen LogP contribution in [0.5, 0.6) is 0 Å². The van der Waals surface area contributed by atoms with Gasteiger partial charge in [-0.1, -0.05) is 0 Å². The summed E-state index contributed by atoms with van der Waals surface area (Å²) in [5.74, 6) is 0. The molecule has 0 aliphatic carbocycles. The molecule has 0 bridgehead atoms. The van der Waals surface area contributed by atoms with Crippen molar-refractivity contribution >= 4 is 0 Å². The molecule has 4 nitrogen and oxygen atoms in total. The number of fused-ring (bicyclic) bond motifs is 1. The molecule has 0 spiro atoms. The van der Waals surface area contributed by atoms with Crippen molar-refractivity contribution in [3.63, 3.8) is 0 Å². The summed E-state index contributed by atoms with van der Waals surface area (Å²) in [7, 11) is 0. The van der Waals surface area contributed by atoms with Gasteiger partial charge in [-0.2, -0.15) is 0 Å². The van der Waals surface area contributed by atoms with E-state index in [1.54, 1.807) is 0 Å². The van der Waals surface area contributed by atoms with Crippen molar-refractivity contribution in [2.75, 3.05) is 0 Å². The average molecular weight is 174 g/mol. The Labute approximate surface area is 71.1 Å². The number of ether oxygens (including phenoxy) is 2. The molecule has 0 aromatic heterocycles. The van der Waals surface area contributed by atoms with Crippen LogP contribution in [-0.4, -0.2) is 40.9 Å². The molecule has 12 heavy (non-hydrogen) atoms. The van der Waals surface area contributed by atoms with Crippen LogP contribution in [0, 0.1) is 0 Å². The van der Waals surface area contributed by atoms with E-state index in [0.29, 0.717) is 0 Å². The predicted octanol–water partition coefficient (Wildman–Crippen LogP) is -0.368. The number of hydrogen-bond donors (Lipinski definition) is 2. The van der Waals surface area contributed by atoms with Gasteiger partial charge in [0, 0.05) is 12.8 Å². The Hall–Kier alpha value is -0.160. The van der Waals surface area contributed by atoms with Crippen molar-refractivity contribution < 1.29 is 19.7 Å². The molecule has 0 aromatic rings. The van der Waals surface area contributed by atoms with Crippen LogP contribution in [0.1, 0.15) is 19.8 Å². The molecule has 70 valence electrons. The normalized spacial score (nSPS) is 53.8. The van der Waals surface area contributed by atoms with Crippen molar-refractivity contribution in [2.45, 2.75) is 50.5 Å². The molecule has 2 fully saturated rings. The molecule has 2 aliphatic heterocycles. The van der Waals surface area contributed by atoms with Gasteiger partial charge in [0.25, 0.3) is 0 Å². The highest BCUT2D eigenvalue weighted by Gasteiger charge is 2.43. The second-order valence-corrected chi connectivity index (χ2v) is 3.58. The molecular formula is C8H14O4. The van der Waals surface area contributed by atoms with Gasteiger partial charge in [0.15, 0.2) is 6.29 Å². The van der Waals surface area contributed by atoms with Gasteiger partial charge >= 0.3 is 0 Å². The lowest BCUT2D eigenvalue weighted by molar-refractivity contribution is -0.218. The van der Waals surface area contributed by atoms with Gasteiger partial charge in [-0.25, -0.2) is 0 Å². The van der Waals surface area contributed by atoms with E-state index in [4.69, 9.17) is 9.47 Å². The van der Waals surface area contributed by atoms with Gasteiger partial charge in [0.1, 0.15) is 6.10 Å². The standard InChI is InChI=1S/C8H14O4/c1-4-2-6-8(11-4)5(9)3-7(10)12-6/h4-10H,2-3H2,1H3/t4-,5-,6?,7?,8-/m1/s1. The van der Waals surface area contributed by atoms with E-state index in [1.807, 2.05) is 6.92 Å². The van der Waals surface area contributed by atoms with Crippen LogP contribution >= 0.6 is 0 Å². The van der Waals surface area contributed by atoms with Crippen LogP contribution in [0.15, 0.2) is 0 Å². The fourth-order valence-electron chi connectivity index (χ4n) is 1.94. The Morgan fingerprint density at radius 3 is 2.67 bits per heavy atom. The largest absolute Gasteiger partial charge is 0.390 e. The summed E-state index contributed by atoms with van der Waals surface area (Å²) in [5, 5.41) is 18.7. The minimum atomic E-state index is -0.824. The Morgan fingerprint density at radius 2 is 1.92 bits per heavy atom. The minimum absolute atomic E-state index is 0.125. The minimum Gasteiger partial charge on any atom is -0.390 e. The van der Waals surface area contributed by atoms with E-state index < -0.39 is 12.4 Å². The Bertz CT molecular complexity index is 172. The van der Waals surface area contributed by atoms with Crippen LogP contribution in [0.4, 0.5) is 0 Å². The highest BCUT2D eigenvalue weighted by molar-refractivity contribution is 4.90. The Kier molecular flexibility index (Phi) is 2.08. The van der Waals surface area contributed by atoms with Crippen molar-refractivity contribution in [3.05, 3.63) is 0 Å². The molecule has 2 unspecified atom stereocenters. The summed E-state index contributed by atoms with van der Waals surface area (Å²) in [6.45, 7) is 1.95. The van der Waals surface area contributed by atoms with Gasteiger partial charge in [0.05, 0.1) is 18.3 Å². The number of aliphatic hydroxyl groups excluding tert-OH is 2. The first-order valence-electron chi connectivity index (χ1n) is 4.34. The first kappa shape index (κ1) is 8.44. The van der Waals surface area contributed by atoms with E-state index >= 15 is 0 Å². The van der Waals surface area contributed by atoms with E-state index in [0.717, 1.165) is 6.42 Å². The highest BCUT2D eigenvalue weighted by Crippen LogP contribution is 2.31. The van der Waals surface area contributed by atoms with Crippen LogP contribution in [0.25, 0.3) is 0 Å². The van der Waals surface area contributed by atoms with Gasteiger partial charge in [-0.05, 0) is 6.92 Å². The van der Waals surface area contributed by atoms with E-state index in [9.17, 15) is 10.2 Å². The zero-order chi connectivity index (χ0) is 8.72. The van der Waals surface area contributed by atoms with Gasteiger partial charge in [0.2, 0.25) is 0 Å². The summed E-state index contributed by atoms with van der Waals surface area (Å²) in [5.41, 5.74) is 0.